The molecule has 0 aromatic carbocycles. The molecule has 1 unspecified atom stereocenters. The molecule has 0 bridgehead atoms. The molecule has 1 aliphatic rings. The van der Waals surface area contributed by atoms with Crippen LogP contribution < -0.4 is 5.32 Å². The lowest BCUT2D eigenvalue weighted by atomic mass is 9.99. The van der Waals surface area contributed by atoms with Gasteiger partial charge in [0, 0.05) is 31.3 Å². The molecule has 1 fully saturated rings. The van der Waals surface area contributed by atoms with Crippen molar-refractivity contribution in [2.75, 3.05) is 33.4 Å². The van der Waals surface area contributed by atoms with Crippen molar-refractivity contribution in [1.29, 1.82) is 0 Å². The third-order valence-corrected chi connectivity index (χ3v) is 4.09. The molecule has 114 valence electrons. The monoisotopic (exact) mass is 270 g/mol. The topological polar surface area (TPSA) is 24.5 Å². The van der Waals surface area contributed by atoms with Gasteiger partial charge in [0.1, 0.15) is 0 Å². The molecule has 0 aromatic heterocycles. The standard InChI is InChI=1S/C16H34N2O/c1-14(7-6-10-17-16(2,3)4)18(5)13-15-8-11-19-12-9-15/h14-15,17H,6-13H2,1-5H3. The van der Waals surface area contributed by atoms with Gasteiger partial charge >= 0.3 is 0 Å². The third-order valence-electron chi connectivity index (χ3n) is 4.09. The van der Waals surface area contributed by atoms with Crippen LogP contribution in [-0.4, -0.2) is 49.8 Å². The SMILES string of the molecule is CC(CCCNC(C)(C)C)N(C)CC1CCOCC1. The average Bonchev–Trinajstić information content (AvgIpc) is 2.34. The zero-order chi connectivity index (χ0) is 14.3. The lowest BCUT2D eigenvalue weighted by molar-refractivity contribution is 0.0507. The van der Waals surface area contributed by atoms with E-state index in [2.05, 4.69) is 45.0 Å². The van der Waals surface area contributed by atoms with Gasteiger partial charge in [-0.15, -0.1) is 0 Å². The van der Waals surface area contributed by atoms with Gasteiger partial charge in [0.2, 0.25) is 0 Å². The van der Waals surface area contributed by atoms with Crippen molar-refractivity contribution in [3.8, 4) is 0 Å². The largest absolute Gasteiger partial charge is 0.381 e. The Bertz CT molecular complexity index is 231. The molecule has 0 amide bonds. The predicted molar refractivity (Wildman–Crippen MR) is 82.6 cm³/mol. The van der Waals surface area contributed by atoms with Crippen molar-refractivity contribution in [2.45, 2.75) is 65.0 Å². The van der Waals surface area contributed by atoms with E-state index in [1.54, 1.807) is 0 Å². The van der Waals surface area contributed by atoms with Crippen LogP contribution in [0.2, 0.25) is 0 Å². The molecule has 19 heavy (non-hydrogen) atoms. The van der Waals surface area contributed by atoms with Gasteiger partial charge in [-0.3, -0.25) is 0 Å². The molecular weight excluding hydrogens is 236 g/mol. The Balaban J connectivity index is 2.12. The Morgan fingerprint density at radius 2 is 1.89 bits per heavy atom. The van der Waals surface area contributed by atoms with Gasteiger partial charge in [0.15, 0.2) is 0 Å². The molecule has 1 atom stereocenters. The van der Waals surface area contributed by atoms with Gasteiger partial charge in [0.05, 0.1) is 0 Å². The summed E-state index contributed by atoms with van der Waals surface area (Å²) in [5.41, 5.74) is 0.247. The molecular formula is C16H34N2O. The summed E-state index contributed by atoms with van der Waals surface area (Å²) in [6, 6.07) is 0.685. The summed E-state index contributed by atoms with van der Waals surface area (Å²) in [4.78, 5) is 2.53. The van der Waals surface area contributed by atoms with E-state index in [0.717, 1.165) is 25.7 Å². The van der Waals surface area contributed by atoms with Crippen LogP contribution in [0.5, 0.6) is 0 Å². The molecule has 3 nitrogen and oxygen atoms in total. The molecule has 0 aromatic rings. The summed E-state index contributed by atoms with van der Waals surface area (Å²) >= 11 is 0. The van der Waals surface area contributed by atoms with Gasteiger partial charge in [-0.25, -0.2) is 0 Å². The van der Waals surface area contributed by atoms with E-state index < -0.39 is 0 Å². The van der Waals surface area contributed by atoms with Crippen LogP contribution in [0, 0.1) is 5.92 Å². The van der Waals surface area contributed by atoms with Crippen molar-refractivity contribution in [1.82, 2.24) is 10.2 Å². The van der Waals surface area contributed by atoms with Gasteiger partial charge < -0.3 is 15.0 Å². The van der Waals surface area contributed by atoms with E-state index in [4.69, 9.17) is 4.74 Å². The number of hydrogen-bond donors (Lipinski definition) is 1. The summed E-state index contributed by atoms with van der Waals surface area (Å²) in [5.74, 6) is 0.842. The Labute approximate surface area is 120 Å². The van der Waals surface area contributed by atoms with Crippen LogP contribution >= 0.6 is 0 Å². The molecule has 1 aliphatic heterocycles. The van der Waals surface area contributed by atoms with Crippen LogP contribution in [0.1, 0.15) is 53.4 Å². The normalized spacial score (nSPS) is 19.9. The van der Waals surface area contributed by atoms with Crippen molar-refractivity contribution in [3.63, 3.8) is 0 Å². The quantitative estimate of drug-likeness (QED) is 0.720. The first kappa shape index (κ1) is 16.9. The first-order valence-corrected chi connectivity index (χ1v) is 7.91. The number of rotatable bonds is 7. The van der Waals surface area contributed by atoms with Crippen LogP contribution in [0.25, 0.3) is 0 Å². The highest BCUT2D eigenvalue weighted by Crippen LogP contribution is 2.17. The van der Waals surface area contributed by atoms with Gasteiger partial charge in [0.25, 0.3) is 0 Å². The van der Waals surface area contributed by atoms with Crippen LogP contribution in [0.4, 0.5) is 0 Å². The highest BCUT2D eigenvalue weighted by Gasteiger charge is 2.18. The molecule has 1 heterocycles. The predicted octanol–water partition coefficient (Wildman–Crippen LogP) is 2.90. The van der Waals surface area contributed by atoms with E-state index >= 15 is 0 Å². The smallest absolute Gasteiger partial charge is 0.0469 e. The second kappa shape index (κ2) is 8.23. The molecule has 3 heteroatoms. The van der Waals surface area contributed by atoms with Crippen LogP contribution in [0.15, 0.2) is 0 Å². The summed E-state index contributed by atoms with van der Waals surface area (Å²) in [7, 11) is 2.28. The lowest BCUT2D eigenvalue weighted by Gasteiger charge is -2.31. The van der Waals surface area contributed by atoms with E-state index in [1.165, 1.54) is 32.2 Å². The minimum Gasteiger partial charge on any atom is -0.381 e. The molecule has 0 aliphatic carbocycles. The maximum Gasteiger partial charge on any atom is 0.0469 e. The summed E-state index contributed by atoms with van der Waals surface area (Å²) < 4.78 is 5.43. The van der Waals surface area contributed by atoms with E-state index in [-0.39, 0.29) is 5.54 Å². The number of ether oxygens (including phenoxy) is 1. The van der Waals surface area contributed by atoms with Gasteiger partial charge in [-0.05, 0) is 72.9 Å². The maximum atomic E-state index is 5.43. The number of hydrogen-bond acceptors (Lipinski definition) is 3. The minimum absolute atomic E-state index is 0.247. The Morgan fingerprint density at radius 3 is 2.47 bits per heavy atom. The first-order valence-electron chi connectivity index (χ1n) is 7.91. The molecule has 0 saturated carbocycles. The fraction of sp³-hybridized carbons (Fsp3) is 1.00. The second-order valence-corrected chi connectivity index (χ2v) is 7.16. The highest BCUT2D eigenvalue weighted by molar-refractivity contribution is 4.73. The highest BCUT2D eigenvalue weighted by atomic mass is 16.5. The molecule has 0 radical (unpaired) electrons. The van der Waals surface area contributed by atoms with Gasteiger partial charge in [-0.1, -0.05) is 0 Å². The van der Waals surface area contributed by atoms with Crippen LogP contribution in [-0.2, 0) is 4.74 Å². The fourth-order valence-corrected chi connectivity index (χ4v) is 2.60. The average molecular weight is 270 g/mol. The zero-order valence-corrected chi connectivity index (χ0v) is 13.7. The summed E-state index contributed by atoms with van der Waals surface area (Å²) in [6.07, 6.45) is 5.02. The van der Waals surface area contributed by atoms with E-state index in [0.29, 0.717) is 6.04 Å². The van der Waals surface area contributed by atoms with Crippen molar-refractivity contribution in [2.24, 2.45) is 5.92 Å². The molecule has 1 saturated heterocycles. The minimum atomic E-state index is 0.247. The van der Waals surface area contributed by atoms with Gasteiger partial charge in [-0.2, -0.15) is 0 Å². The Hall–Kier alpha value is -0.120. The molecule has 1 rings (SSSR count). The molecule has 0 spiro atoms. The zero-order valence-electron chi connectivity index (χ0n) is 13.7. The van der Waals surface area contributed by atoms with Crippen molar-refractivity contribution in [3.05, 3.63) is 0 Å². The fourth-order valence-electron chi connectivity index (χ4n) is 2.60. The summed E-state index contributed by atoms with van der Waals surface area (Å²) in [5, 5.41) is 3.56. The maximum absolute atomic E-state index is 5.43. The Kier molecular flexibility index (Phi) is 7.33. The lowest BCUT2D eigenvalue weighted by Crippen LogP contribution is -2.38. The number of nitrogens with zero attached hydrogens (tertiary/aromatic N) is 1. The first-order chi connectivity index (χ1) is 8.88. The van der Waals surface area contributed by atoms with E-state index in [1.807, 2.05) is 0 Å². The van der Waals surface area contributed by atoms with Crippen molar-refractivity contribution >= 4 is 0 Å². The third kappa shape index (κ3) is 7.91. The van der Waals surface area contributed by atoms with E-state index in [9.17, 15) is 0 Å². The van der Waals surface area contributed by atoms with Crippen molar-refractivity contribution < 1.29 is 4.74 Å². The summed E-state index contributed by atoms with van der Waals surface area (Å²) in [6.45, 7) is 13.3. The second-order valence-electron chi connectivity index (χ2n) is 7.16. The Morgan fingerprint density at radius 1 is 1.26 bits per heavy atom. The number of nitrogens with one attached hydrogen (secondary N) is 1. The van der Waals surface area contributed by atoms with Crippen LogP contribution in [0.3, 0.4) is 0 Å². The molecule has 1 N–H and O–H groups in total.